The number of rotatable bonds is 8. The molecule has 1 aliphatic carbocycles. The summed E-state index contributed by atoms with van der Waals surface area (Å²) in [7, 11) is 0. The van der Waals surface area contributed by atoms with E-state index in [-0.39, 0.29) is 5.56 Å². The average Bonchev–Trinajstić information content (AvgIpc) is 3.50. The minimum Gasteiger partial charge on any atom is -0.392 e. The summed E-state index contributed by atoms with van der Waals surface area (Å²) in [5.41, 5.74) is 8.32. The molecule has 2 unspecified atom stereocenters. The highest BCUT2D eigenvalue weighted by molar-refractivity contribution is 5.73. The van der Waals surface area contributed by atoms with Gasteiger partial charge in [0, 0.05) is 46.4 Å². The second-order valence-corrected chi connectivity index (χ2v) is 12.9. The third-order valence-corrected chi connectivity index (χ3v) is 10.1. The van der Waals surface area contributed by atoms with Crippen molar-refractivity contribution in [1.82, 2.24) is 9.78 Å². The van der Waals surface area contributed by atoms with E-state index in [9.17, 15) is 15.0 Å². The maximum atomic E-state index is 13.6. The number of H-pyrrole nitrogens is 1. The Bertz CT molecular complexity index is 1880. The van der Waals surface area contributed by atoms with Crippen LogP contribution in [0.25, 0.3) is 5.69 Å². The van der Waals surface area contributed by atoms with E-state index in [1.54, 1.807) is 0 Å². The van der Waals surface area contributed by atoms with Gasteiger partial charge in [0.2, 0.25) is 0 Å². The van der Waals surface area contributed by atoms with Crippen LogP contribution in [0.1, 0.15) is 46.4 Å². The highest BCUT2D eigenvalue weighted by Gasteiger charge is 2.54. The molecule has 1 aliphatic heterocycles. The Balaban J connectivity index is 1.34. The van der Waals surface area contributed by atoms with E-state index >= 15 is 0 Å². The van der Waals surface area contributed by atoms with Gasteiger partial charge in [0.05, 0.1) is 17.9 Å². The Kier molecular flexibility index (Phi) is 7.79. The molecule has 2 atom stereocenters. The Morgan fingerprint density at radius 3 is 1.93 bits per heavy atom. The summed E-state index contributed by atoms with van der Waals surface area (Å²) in [6.45, 7) is 6.87. The molecule has 46 heavy (non-hydrogen) atoms. The van der Waals surface area contributed by atoms with Crippen LogP contribution in [0.4, 0.5) is 5.69 Å². The highest BCUT2D eigenvalue weighted by atomic mass is 16.3. The molecule has 1 aromatic heterocycles. The molecule has 0 spiro atoms. The lowest BCUT2D eigenvalue weighted by molar-refractivity contribution is -0.0953. The maximum absolute atomic E-state index is 13.6. The molecule has 0 amide bonds. The molecule has 6 heteroatoms. The number of likely N-dealkylation sites (N-methyl/N-ethyl adjacent to an activating group) is 1. The molecule has 6 nitrogen and oxygen atoms in total. The summed E-state index contributed by atoms with van der Waals surface area (Å²) in [5.74, 6) is -1.22. The molecule has 1 saturated carbocycles. The summed E-state index contributed by atoms with van der Waals surface area (Å²) >= 11 is 0. The zero-order chi connectivity index (χ0) is 32.0. The van der Waals surface area contributed by atoms with Crippen LogP contribution in [-0.4, -0.2) is 38.7 Å². The fraction of sp³-hybridized carbons (Fsp3) is 0.275. The molecule has 2 aliphatic rings. The van der Waals surface area contributed by atoms with Crippen LogP contribution < -0.4 is 10.5 Å². The number of allylic oxidation sites excluding steroid dienone is 1. The number of aliphatic hydroxyl groups is 2. The minimum absolute atomic E-state index is 0.237. The molecule has 0 radical (unpaired) electrons. The number of fused-ring (bicyclic) bond motifs is 1. The fourth-order valence-corrected chi connectivity index (χ4v) is 7.88. The van der Waals surface area contributed by atoms with Gasteiger partial charge in [-0.1, -0.05) is 103 Å². The lowest BCUT2D eigenvalue weighted by Crippen LogP contribution is -2.54. The van der Waals surface area contributed by atoms with Crippen molar-refractivity contribution in [3.8, 4) is 5.69 Å². The van der Waals surface area contributed by atoms with Crippen molar-refractivity contribution in [1.29, 1.82) is 0 Å². The van der Waals surface area contributed by atoms with Gasteiger partial charge in [-0.25, -0.2) is 4.68 Å². The molecule has 5 aromatic rings. The molecule has 2 heterocycles. The van der Waals surface area contributed by atoms with Gasteiger partial charge in [-0.15, -0.1) is 0 Å². The first-order chi connectivity index (χ1) is 22.3. The molecule has 4 aromatic carbocycles. The second kappa shape index (κ2) is 11.9. The largest absolute Gasteiger partial charge is 0.392 e. The zero-order valence-corrected chi connectivity index (χ0v) is 26.6. The van der Waals surface area contributed by atoms with Crippen LogP contribution >= 0.6 is 0 Å². The summed E-state index contributed by atoms with van der Waals surface area (Å²) in [4.78, 5) is 16.0. The van der Waals surface area contributed by atoms with Crippen molar-refractivity contribution < 1.29 is 10.2 Å². The number of hydrogen-bond acceptors (Lipinski definition) is 4. The van der Waals surface area contributed by atoms with E-state index in [4.69, 9.17) is 0 Å². The molecule has 0 bridgehead atoms. The number of hydrogen-bond donors (Lipinski definition) is 3. The molecule has 1 fully saturated rings. The lowest BCUT2D eigenvalue weighted by Gasteiger charge is -2.46. The van der Waals surface area contributed by atoms with Crippen LogP contribution in [0.15, 0.2) is 126 Å². The molecular weight excluding hydrogens is 570 g/mol. The van der Waals surface area contributed by atoms with Crippen LogP contribution in [0.5, 0.6) is 0 Å². The number of benzene rings is 4. The molecule has 3 N–H and O–H groups in total. The highest BCUT2D eigenvalue weighted by Crippen LogP contribution is 2.54. The van der Waals surface area contributed by atoms with E-state index in [1.807, 2.05) is 49.4 Å². The molecule has 0 saturated heterocycles. The Morgan fingerprint density at radius 2 is 1.37 bits per heavy atom. The van der Waals surface area contributed by atoms with E-state index in [1.165, 1.54) is 32.6 Å². The van der Waals surface area contributed by atoms with E-state index in [0.717, 1.165) is 25.1 Å². The van der Waals surface area contributed by atoms with Crippen molar-refractivity contribution in [2.75, 3.05) is 11.4 Å². The van der Waals surface area contributed by atoms with E-state index in [2.05, 4.69) is 96.7 Å². The summed E-state index contributed by atoms with van der Waals surface area (Å²) in [5, 5.41) is 26.7. The summed E-state index contributed by atoms with van der Waals surface area (Å²) < 4.78 is 1.50. The van der Waals surface area contributed by atoms with Gasteiger partial charge in [-0.3, -0.25) is 9.89 Å². The predicted molar refractivity (Wildman–Crippen MR) is 184 cm³/mol. The van der Waals surface area contributed by atoms with Gasteiger partial charge in [-0.05, 0) is 68.5 Å². The van der Waals surface area contributed by atoms with Crippen LogP contribution in [0.2, 0.25) is 0 Å². The first kappa shape index (κ1) is 30.0. The molecule has 7 rings (SSSR count). The smallest absolute Gasteiger partial charge is 0.275 e. The van der Waals surface area contributed by atoms with Gasteiger partial charge in [-0.2, -0.15) is 0 Å². The number of aromatic nitrogens is 2. The lowest BCUT2D eigenvalue weighted by atomic mass is 9.63. The number of nitrogens with zero attached hydrogens (tertiary/aromatic N) is 2. The third kappa shape index (κ3) is 4.93. The van der Waals surface area contributed by atoms with Crippen molar-refractivity contribution in [3.05, 3.63) is 165 Å². The topological polar surface area (TPSA) is 81.5 Å². The number of aliphatic hydroxyl groups excluding tert-OH is 2. The summed E-state index contributed by atoms with van der Waals surface area (Å²) in [6, 6.07) is 37.3. The SMILES string of the molecule is CCN1C(=CC2C(O)C(c3c(C)[nH]n(-c4ccccc4)c3=O)C2O)C(Cc2ccccc2)(Cc2ccccc2)c2cc(C)ccc21. The summed E-state index contributed by atoms with van der Waals surface area (Å²) in [6.07, 6.45) is 1.83. The zero-order valence-electron chi connectivity index (χ0n) is 26.6. The third-order valence-electron chi connectivity index (χ3n) is 10.1. The second-order valence-electron chi connectivity index (χ2n) is 12.9. The number of nitrogens with one attached hydrogen (secondary N) is 1. The normalized spacial score (nSPS) is 22.5. The number of para-hydroxylation sites is 1. The molecule has 234 valence electrons. The Labute approximate surface area is 270 Å². The van der Waals surface area contributed by atoms with E-state index in [0.29, 0.717) is 16.9 Å². The van der Waals surface area contributed by atoms with Gasteiger partial charge in [0.15, 0.2) is 0 Å². The van der Waals surface area contributed by atoms with Crippen LogP contribution in [0.3, 0.4) is 0 Å². The monoisotopic (exact) mass is 611 g/mol. The first-order valence-electron chi connectivity index (χ1n) is 16.2. The van der Waals surface area contributed by atoms with Crippen LogP contribution in [0, 0.1) is 19.8 Å². The minimum atomic E-state index is -0.913. The van der Waals surface area contributed by atoms with Crippen molar-refractivity contribution in [3.63, 3.8) is 0 Å². The van der Waals surface area contributed by atoms with Gasteiger partial charge >= 0.3 is 0 Å². The quantitative estimate of drug-likeness (QED) is 0.191. The predicted octanol–water partition coefficient (Wildman–Crippen LogP) is 6.36. The first-order valence-corrected chi connectivity index (χ1v) is 16.2. The van der Waals surface area contributed by atoms with Crippen molar-refractivity contribution >= 4 is 5.69 Å². The van der Waals surface area contributed by atoms with Gasteiger partial charge < -0.3 is 15.1 Å². The van der Waals surface area contributed by atoms with Crippen LogP contribution in [-0.2, 0) is 18.3 Å². The van der Waals surface area contributed by atoms with E-state index < -0.39 is 29.5 Å². The van der Waals surface area contributed by atoms with Gasteiger partial charge in [0.25, 0.3) is 5.56 Å². The Hall–Kier alpha value is -4.65. The standard InChI is InChI=1S/C40H41N3O3/c1-4-42-33-21-20-26(2)22-32(33)40(24-28-14-8-5-9-15-28,25-29-16-10-6-11-17-29)34(42)23-31-37(44)36(38(31)45)35-27(3)41-43(39(35)46)30-18-12-7-13-19-30/h5-23,31,36-38,41,44-45H,4,24-25H2,1-3H3. The number of aryl methyl sites for hydroxylation is 2. The maximum Gasteiger partial charge on any atom is 0.275 e. The fourth-order valence-electron chi connectivity index (χ4n) is 7.88. The van der Waals surface area contributed by atoms with Crippen molar-refractivity contribution in [2.45, 2.75) is 57.2 Å². The van der Waals surface area contributed by atoms with Gasteiger partial charge in [0.1, 0.15) is 0 Å². The Morgan fingerprint density at radius 1 is 0.804 bits per heavy atom. The number of anilines is 1. The van der Waals surface area contributed by atoms with Crippen molar-refractivity contribution in [2.24, 2.45) is 5.92 Å². The molecular formula is C40H41N3O3. The number of aromatic amines is 1. The average molecular weight is 612 g/mol.